The molecule has 33 heavy (non-hydrogen) atoms. The van der Waals surface area contributed by atoms with Crippen molar-refractivity contribution >= 4 is 24.7 Å². The molecule has 2 aromatic rings. The highest BCUT2D eigenvalue weighted by Crippen LogP contribution is 2.80. The van der Waals surface area contributed by atoms with E-state index in [-0.39, 0.29) is 30.0 Å². The Morgan fingerprint density at radius 2 is 1.91 bits per heavy atom. The highest BCUT2D eigenvalue weighted by molar-refractivity contribution is 7.61. The molecule has 4 heterocycles. The fraction of sp³-hybridized carbons (Fsp3) is 0.722. The lowest BCUT2D eigenvalue weighted by molar-refractivity contribution is -0.0695. The summed E-state index contributed by atoms with van der Waals surface area (Å²) in [5.41, 5.74) is 0.862. The zero-order valence-electron chi connectivity index (χ0n) is 18.3. The van der Waals surface area contributed by atoms with Crippen molar-refractivity contribution in [2.24, 2.45) is 0 Å². The lowest BCUT2D eigenvalue weighted by Gasteiger charge is -2.33. The Bertz CT molecular complexity index is 1220. The molecule has 4 unspecified atom stereocenters. The quantitative estimate of drug-likeness (QED) is 0.212. The first-order chi connectivity index (χ1) is 15.4. The molecule has 0 bridgehead atoms. The summed E-state index contributed by atoms with van der Waals surface area (Å²) in [6, 6.07) is 0. The molecule has 0 spiro atoms. The van der Waals surface area contributed by atoms with E-state index in [0.29, 0.717) is 12.8 Å². The van der Waals surface area contributed by atoms with Gasteiger partial charge in [-0.2, -0.15) is 4.98 Å². The number of ether oxygens (including phenoxy) is 1. The first kappa shape index (κ1) is 24.1. The maximum atomic E-state index is 12.8. The molecule has 6 atom stereocenters. The lowest BCUT2D eigenvalue weighted by atomic mass is 9.88. The highest BCUT2D eigenvalue weighted by Gasteiger charge is 2.71. The average Bonchev–Trinajstić information content (AvgIpc) is 2.98. The number of aromatic nitrogens is 4. The van der Waals surface area contributed by atoms with Gasteiger partial charge in [-0.05, 0) is 12.8 Å². The van der Waals surface area contributed by atoms with Crippen LogP contribution < -0.4 is 17.0 Å². The topological polar surface area (TPSA) is 218 Å². The van der Waals surface area contributed by atoms with E-state index in [9.17, 15) is 29.5 Å². The number of hydrogen-bond donors (Lipinski definition) is 6. The number of fused-ring (bicyclic) bond motifs is 1. The fourth-order valence-corrected chi connectivity index (χ4v) is 6.31. The van der Waals surface area contributed by atoms with Gasteiger partial charge in [-0.3, -0.25) is 28.4 Å². The van der Waals surface area contributed by atoms with Gasteiger partial charge in [0, 0.05) is 12.8 Å². The Morgan fingerprint density at radius 3 is 2.48 bits per heavy atom. The maximum Gasteiger partial charge on any atom is 0.393 e. The number of H-pyrrole nitrogens is 2. The summed E-state index contributed by atoms with van der Waals surface area (Å²) >= 11 is 0. The van der Waals surface area contributed by atoms with Crippen molar-refractivity contribution in [3.8, 4) is 0 Å². The van der Waals surface area contributed by atoms with Crippen molar-refractivity contribution in [1.29, 1.82) is 0 Å². The summed E-state index contributed by atoms with van der Waals surface area (Å²) in [5, 5.41) is 31.6. The number of aliphatic hydroxyl groups excluding tert-OH is 2. The highest BCUT2D eigenvalue weighted by atomic mass is 31.2. The molecular weight excluding hydrogens is 461 g/mol. The van der Waals surface area contributed by atoms with E-state index in [1.807, 2.05) is 0 Å². The minimum atomic E-state index is -3.77. The van der Waals surface area contributed by atoms with Crippen LogP contribution >= 0.6 is 7.60 Å². The zero-order valence-corrected chi connectivity index (χ0v) is 19.2. The minimum absolute atomic E-state index is 0.0187. The number of nitrogen functional groups attached to an aromatic ring is 1. The summed E-state index contributed by atoms with van der Waals surface area (Å²) in [6.07, 6.45) is -4.69. The van der Waals surface area contributed by atoms with Crippen LogP contribution in [0.15, 0.2) is 9.59 Å². The van der Waals surface area contributed by atoms with Crippen LogP contribution in [0.1, 0.15) is 52.7 Å². The molecule has 2 aliphatic rings. The van der Waals surface area contributed by atoms with E-state index in [4.69, 9.17) is 19.5 Å². The van der Waals surface area contributed by atoms with Crippen molar-refractivity contribution < 1.29 is 33.7 Å². The Balaban J connectivity index is 1.63. The Morgan fingerprint density at radius 1 is 1.24 bits per heavy atom. The summed E-state index contributed by atoms with van der Waals surface area (Å²) < 4.78 is 30.4. The molecule has 2 aromatic heterocycles. The molecule has 15 heteroatoms. The Kier molecular flexibility index (Phi) is 5.85. The van der Waals surface area contributed by atoms with Crippen LogP contribution in [0.2, 0.25) is 0 Å². The zero-order chi connectivity index (χ0) is 24.3. The van der Waals surface area contributed by atoms with E-state index in [2.05, 4.69) is 15.0 Å². The second kappa shape index (κ2) is 8.01. The molecule has 7 N–H and O–H groups in total. The van der Waals surface area contributed by atoms with Gasteiger partial charge >= 0.3 is 13.3 Å². The van der Waals surface area contributed by atoms with Crippen molar-refractivity contribution in [2.75, 3.05) is 5.73 Å². The normalized spacial score (nSPS) is 34.2. The monoisotopic (exact) mass is 489 g/mol. The van der Waals surface area contributed by atoms with Gasteiger partial charge in [-0.1, -0.05) is 20.8 Å². The fourth-order valence-electron chi connectivity index (χ4n) is 4.22. The van der Waals surface area contributed by atoms with Crippen LogP contribution in [-0.4, -0.2) is 64.3 Å². The number of aliphatic hydroxyl groups is 3. The van der Waals surface area contributed by atoms with E-state index in [1.54, 1.807) is 20.8 Å². The number of nitrogens with zero attached hydrogens (tertiary/aromatic N) is 2. The van der Waals surface area contributed by atoms with Gasteiger partial charge in [0.15, 0.2) is 17.4 Å². The Labute approximate surface area is 187 Å². The first-order valence-electron chi connectivity index (χ1n) is 10.7. The van der Waals surface area contributed by atoms with Crippen molar-refractivity contribution in [3.63, 3.8) is 0 Å². The van der Waals surface area contributed by atoms with Crippen molar-refractivity contribution in [1.82, 2.24) is 19.5 Å². The molecule has 0 amide bonds. The van der Waals surface area contributed by atoms with E-state index >= 15 is 0 Å². The third-order valence-electron chi connectivity index (χ3n) is 6.49. The first-order valence-corrected chi connectivity index (χ1v) is 12.2. The summed E-state index contributed by atoms with van der Waals surface area (Å²) in [4.78, 5) is 33.2. The molecule has 2 aliphatic heterocycles. The second-order valence-electron chi connectivity index (χ2n) is 8.37. The number of hydrogen-bond acceptors (Lipinski definition) is 11. The van der Waals surface area contributed by atoms with E-state index in [1.165, 1.54) is 0 Å². The number of aromatic amines is 2. The van der Waals surface area contributed by atoms with Crippen molar-refractivity contribution in [2.45, 2.75) is 82.1 Å². The van der Waals surface area contributed by atoms with Crippen LogP contribution in [0.3, 0.4) is 0 Å². The lowest BCUT2D eigenvalue weighted by Crippen LogP contribution is -2.40. The van der Waals surface area contributed by atoms with Gasteiger partial charge in [0.1, 0.15) is 12.2 Å². The standard InChI is InChI=1S/C18H28N5O9P/c1-4-17(5-2,31-33(29)18(28,6-3)32-33)7-8-10(24)11(25)14(30-8)23-12-9(20-16(23)27)13(26)22-15(19)21-12/h8,10-11,14,24-25,28H,4-7H2,1-3H3,(H,20,27)(H3,19,21,22,26)/t8?,10?,11-,14-,18?,33?/m1/s1. The smallest absolute Gasteiger partial charge is 0.388 e. The molecular formula is C18H28N5O9P. The predicted octanol–water partition coefficient (Wildman–Crippen LogP) is -0.141. The van der Waals surface area contributed by atoms with E-state index in [0.717, 1.165) is 4.57 Å². The second-order valence-corrected chi connectivity index (χ2v) is 10.4. The molecule has 0 aliphatic carbocycles. The number of nitrogens with one attached hydrogen (secondary N) is 2. The van der Waals surface area contributed by atoms with E-state index < -0.39 is 54.5 Å². The van der Waals surface area contributed by atoms with Gasteiger partial charge in [-0.25, -0.2) is 9.36 Å². The number of imidazole rings is 1. The summed E-state index contributed by atoms with van der Waals surface area (Å²) in [5.74, 6) is -0.244. The van der Waals surface area contributed by atoms with Gasteiger partial charge in [0.2, 0.25) is 5.95 Å². The molecule has 0 radical (unpaired) electrons. The SMILES string of the molecule is CCC(CC)(CC1O[C@@H](n2c(=O)[nH]c3c(=O)[nH]c(N)nc32)[C@H](O)C1O)OP1(=O)OC1(O)CC. The van der Waals surface area contributed by atoms with Crippen LogP contribution in [0, 0.1) is 0 Å². The van der Waals surface area contributed by atoms with Gasteiger partial charge in [0.25, 0.3) is 11.1 Å². The number of rotatable bonds is 8. The van der Waals surface area contributed by atoms with Crippen LogP contribution in [0.25, 0.3) is 11.2 Å². The molecule has 0 saturated carbocycles. The van der Waals surface area contributed by atoms with Gasteiger partial charge < -0.3 is 25.8 Å². The summed E-state index contributed by atoms with van der Waals surface area (Å²) in [7, 11) is -3.77. The summed E-state index contributed by atoms with van der Waals surface area (Å²) in [6.45, 7) is 5.17. The predicted molar refractivity (Wildman–Crippen MR) is 114 cm³/mol. The molecule has 184 valence electrons. The third kappa shape index (κ3) is 3.75. The third-order valence-corrected chi connectivity index (χ3v) is 8.75. The van der Waals surface area contributed by atoms with Crippen molar-refractivity contribution in [3.05, 3.63) is 20.8 Å². The van der Waals surface area contributed by atoms with Crippen LogP contribution in [0.4, 0.5) is 5.95 Å². The molecule has 0 aromatic carbocycles. The van der Waals surface area contributed by atoms with Gasteiger partial charge in [0.05, 0.1) is 11.7 Å². The number of anilines is 1. The van der Waals surface area contributed by atoms with Gasteiger partial charge in [-0.15, -0.1) is 0 Å². The van der Waals surface area contributed by atoms with Crippen LogP contribution in [0.5, 0.6) is 0 Å². The average molecular weight is 489 g/mol. The largest absolute Gasteiger partial charge is 0.393 e. The Hall–Kier alpha value is -2.06. The molecule has 2 fully saturated rings. The molecule has 4 rings (SSSR count). The minimum Gasteiger partial charge on any atom is -0.388 e. The van der Waals surface area contributed by atoms with Crippen LogP contribution in [-0.2, 0) is 18.3 Å². The molecule has 14 nitrogen and oxygen atoms in total. The maximum absolute atomic E-state index is 12.8. The molecule has 2 saturated heterocycles. The number of nitrogens with two attached hydrogens (primary N) is 1.